The van der Waals surface area contributed by atoms with E-state index in [0.717, 1.165) is 86.4 Å². The van der Waals surface area contributed by atoms with Gasteiger partial charge in [-0.3, -0.25) is 9.80 Å². The number of fused-ring (bicyclic) bond motifs is 1. The van der Waals surface area contributed by atoms with Gasteiger partial charge in [-0.2, -0.15) is 0 Å². The topological polar surface area (TPSA) is 102 Å². The minimum Gasteiger partial charge on any atom is -0.480 e. The summed E-state index contributed by atoms with van der Waals surface area (Å²) in [6, 6.07) is 2.50. The summed E-state index contributed by atoms with van der Waals surface area (Å²) >= 11 is 1.69. The van der Waals surface area contributed by atoms with Crippen molar-refractivity contribution in [2.45, 2.75) is 12.6 Å². The molecule has 11 heteroatoms. The minimum atomic E-state index is 0.423. The summed E-state index contributed by atoms with van der Waals surface area (Å²) in [7, 11) is 1.57. The van der Waals surface area contributed by atoms with Gasteiger partial charge in [0, 0.05) is 63.1 Å². The van der Waals surface area contributed by atoms with E-state index in [1.165, 1.54) is 5.56 Å². The van der Waals surface area contributed by atoms with E-state index in [1.807, 2.05) is 6.07 Å². The number of methoxy groups -OCH3 is 1. The van der Waals surface area contributed by atoms with Crippen LogP contribution in [0.4, 0.5) is 11.6 Å². The molecule has 3 fully saturated rings. The molecule has 35 heavy (non-hydrogen) atoms. The molecule has 2 N–H and O–H groups in total. The maximum absolute atomic E-state index is 6.20. The van der Waals surface area contributed by atoms with Gasteiger partial charge >= 0.3 is 0 Å². The van der Waals surface area contributed by atoms with Crippen LogP contribution in [0.1, 0.15) is 5.56 Å². The maximum atomic E-state index is 6.20. The number of anilines is 2. The number of ether oxygens (including phenoxy) is 3. The van der Waals surface area contributed by atoms with E-state index >= 15 is 0 Å². The first-order valence-electron chi connectivity index (χ1n) is 12.1. The Hall–Kier alpha value is -2.57. The Labute approximate surface area is 208 Å². The third kappa shape index (κ3) is 4.54. The van der Waals surface area contributed by atoms with Gasteiger partial charge in [0.1, 0.15) is 0 Å². The fourth-order valence-electron chi connectivity index (χ4n) is 4.90. The van der Waals surface area contributed by atoms with Gasteiger partial charge in [-0.15, -0.1) is 11.3 Å². The van der Waals surface area contributed by atoms with Crippen LogP contribution in [0.15, 0.2) is 17.6 Å². The molecule has 3 saturated heterocycles. The SMILES string of the molecule is COc1ncc(-c2nc(N3CCOCC3)nc3c(CN4CCN(C5COC5)CC4)csc23)cc1N. The fourth-order valence-corrected chi connectivity index (χ4v) is 5.91. The average Bonchev–Trinajstić information content (AvgIpc) is 3.26. The standard InChI is InChI=1S/C24H31N7O3S/c1-32-23-19(25)10-16(11-26-23)20-22-21(28-24(27-20)31-6-8-33-9-7-31)17(15-35-22)12-29-2-4-30(5-3-29)18-13-34-14-18/h10-11,15,18H,2-9,12-14,25H2,1H3. The molecule has 0 radical (unpaired) electrons. The number of nitrogens with two attached hydrogens (primary N) is 1. The zero-order valence-corrected chi connectivity index (χ0v) is 20.8. The summed E-state index contributed by atoms with van der Waals surface area (Å²) in [5.41, 5.74) is 10.7. The summed E-state index contributed by atoms with van der Waals surface area (Å²) < 4.78 is 17.3. The van der Waals surface area contributed by atoms with Crippen molar-refractivity contribution < 1.29 is 14.2 Å². The van der Waals surface area contributed by atoms with E-state index < -0.39 is 0 Å². The second-order valence-corrected chi connectivity index (χ2v) is 10.1. The Morgan fingerprint density at radius 2 is 1.89 bits per heavy atom. The van der Waals surface area contributed by atoms with Crippen molar-refractivity contribution >= 4 is 33.2 Å². The highest BCUT2D eigenvalue weighted by Gasteiger charge is 2.29. The molecule has 6 heterocycles. The monoisotopic (exact) mass is 497 g/mol. The quantitative estimate of drug-likeness (QED) is 0.541. The highest BCUT2D eigenvalue weighted by Crippen LogP contribution is 2.36. The first kappa shape index (κ1) is 22.9. The van der Waals surface area contributed by atoms with Crippen molar-refractivity contribution in [1.29, 1.82) is 0 Å². The molecule has 0 aliphatic carbocycles. The Balaban J connectivity index is 1.32. The van der Waals surface area contributed by atoms with Crippen LogP contribution in [0.3, 0.4) is 0 Å². The second-order valence-electron chi connectivity index (χ2n) is 9.24. The molecule has 10 nitrogen and oxygen atoms in total. The molecule has 0 atom stereocenters. The van der Waals surface area contributed by atoms with Gasteiger partial charge in [-0.25, -0.2) is 15.0 Å². The smallest absolute Gasteiger partial charge is 0.236 e. The Morgan fingerprint density at radius 3 is 2.57 bits per heavy atom. The normalized spacial score (nSPS) is 20.3. The lowest BCUT2D eigenvalue weighted by atomic mass is 10.1. The number of rotatable bonds is 6. The van der Waals surface area contributed by atoms with Crippen LogP contribution >= 0.6 is 11.3 Å². The van der Waals surface area contributed by atoms with Crippen molar-refractivity contribution in [3.63, 3.8) is 0 Å². The van der Waals surface area contributed by atoms with Crippen LogP contribution < -0.4 is 15.4 Å². The van der Waals surface area contributed by atoms with Crippen LogP contribution in [0.2, 0.25) is 0 Å². The number of aromatic nitrogens is 3. The molecule has 0 bridgehead atoms. The van der Waals surface area contributed by atoms with Crippen molar-refractivity contribution in [2.24, 2.45) is 0 Å². The fraction of sp³-hybridized carbons (Fsp3) is 0.542. The van der Waals surface area contributed by atoms with E-state index in [-0.39, 0.29) is 0 Å². The Morgan fingerprint density at radius 1 is 1.09 bits per heavy atom. The van der Waals surface area contributed by atoms with Gasteiger partial charge in [-0.1, -0.05) is 0 Å². The van der Waals surface area contributed by atoms with Crippen LogP contribution in [0.5, 0.6) is 5.88 Å². The predicted molar refractivity (Wildman–Crippen MR) is 136 cm³/mol. The number of nitrogens with zero attached hydrogens (tertiary/aromatic N) is 6. The van der Waals surface area contributed by atoms with E-state index in [9.17, 15) is 0 Å². The number of pyridine rings is 1. The van der Waals surface area contributed by atoms with Gasteiger partial charge in [-0.05, 0) is 11.4 Å². The van der Waals surface area contributed by atoms with Crippen LogP contribution in [0.25, 0.3) is 21.5 Å². The number of morpholine rings is 1. The first-order chi connectivity index (χ1) is 17.2. The van der Waals surface area contributed by atoms with Crippen molar-refractivity contribution in [3.05, 3.63) is 23.2 Å². The molecule has 0 aromatic carbocycles. The highest BCUT2D eigenvalue weighted by atomic mass is 32.1. The third-order valence-corrected chi connectivity index (χ3v) is 8.08. The largest absolute Gasteiger partial charge is 0.480 e. The number of hydrogen-bond donors (Lipinski definition) is 1. The molecule has 186 valence electrons. The summed E-state index contributed by atoms with van der Waals surface area (Å²) in [6.07, 6.45) is 1.78. The van der Waals surface area contributed by atoms with Crippen LogP contribution in [-0.2, 0) is 16.0 Å². The number of piperazine rings is 1. The van der Waals surface area contributed by atoms with Crippen LogP contribution in [-0.4, -0.2) is 104 Å². The van der Waals surface area contributed by atoms with Crippen molar-refractivity contribution in [3.8, 4) is 17.1 Å². The van der Waals surface area contributed by atoms with Crippen LogP contribution in [0, 0.1) is 0 Å². The lowest BCUT2D eigenvalue weighted by Crippen LogP contribution is -2.56. The van der Waals surface area contributed by atoms with E-state index in [2.05, 4.69) is 25.1 Å². The molecule has 0 spiro atoms. The molecule has 3 aromatic rings. The number of hydrogen-bond acceptors (Lipinski definition) is 11. The zero-order chi connectivity index (χ0) is 23.8. The lowest BCUT2D eigenvalue weighted by Gasteiger charge is -2.42. The van der Waals surface area contributed by atoms with E-state index in [4.69, 9.17) is 29.9 Å². The summed E-state index contributed by atoms with van der Waals surface area (Å²) in [6.45, 7) is 9.85. The van der Waals surface area contributed by atoms with Gasteiger partial charge < -0.3 is 24.8 Å². The second kappa shape index (κ2) is 9.82. The molecule has 0 amide bonds. The predicted octanol–water partition coefficient (Wildman–Crippen LogP) is 1.70. The summed E-state index contributed by atoms with van der Waals surface area (Å²) in [4.78, 5) is 21.8. The number of thiophene rings is 1. The maximum Gasteiger partial charge on any atom is 0.236 e. The van der Waals surface area contributed by atoms with Gasteiger partial charge in [0.05, 0.1) is 61.2 Å². The molecule has 0 unspecified atom stereocenters. The summed E-state index contributed by atoms with van der Waals surface area (Å²) in [5.74, 6) is 1.16. The van der Waals surface area contributed by atoms with Gasteiger partial charge in [0.2, 0.25) is 11.8 Å². The minimum absolute atomic E-state index is 0.423. The van der Waals surface area contributed by atoms with E-state index in [1.54, 1.807) is 24.6 Å². The first-order valence-corrected chi connectivity index (χ1v) is 13.0. The molecule has 3 aromatic heterocycles. The Bertz CT molecular complexity index is 1190. The molecule has 3 aliphatic rings. The molecular formula is C24H31N7O3S. The van der Waals surface area contributed by atoms with E-state index in [0.29, 0.717) is 30.8 Å². The molecular weight excluding hydrogens is 466 g/mol. The molecule has 0 saturated carbocycles. The highest BCUT2D eigenvalue weighted by molar-refractivity contribution is 7.17. The Kier molecular flexibility index (Phi) is 6.42. The molecule has 3 aliphatic heterocycles. The number of nitrogen functional groups attached to an aromatic ring is 1. The lowest BCUT2D eigenvalue weighted by molar-refractivity contribution is -0.0773. The van der Waals surface area contributed by atoms with Crippen molar-refractivity contribution in [1.82, 2.24) is 24.8 Å². The zero-order valence-electron chi connectivity index (χ0n) is 20.0. The van der Waals surface area contributed by atoms with Gasteiger partial charge in [0.25, 0.3) is 0 Å². The summed E-state index contributed by atoms with van der Waals surface area (Å²) in [5, 5.41) is 2.23. The molecule has 6 rings (SSSR count). The third-order valence-electron chi connectivity index (χ3n) is 7.05. The average molecular weight is 498 g/mol. The van der Waals surface area contributed by atoms with Gasteiger partial charge in [0.15, 0.2) is 0 Å². The van der Waals surface area contributed by atoms with Crippen molar-refractivity contribution in [2.75, 3.05) is 83.4 Å².